The first-order valence-electron chi connectivity index (χ1n) is 13.3. The Morgan fingerprint density at radius 3 is 2.61 bits per heavy atom. The summed E-state index contributed by atoms with van der Waals surface area (Å²) in [6.07, 6.45) is 9.75. The van der Waals surface area contributed by atoms with Gasteiger partial charge >= 0.3 is 0 Å². The lowest BCUT2D eigenvalue weighted by Gasteiger charge is -2.26. The third-order valence-electron chi connectivity index (χ3n) is 6.92. The van der Waals surface area contributed by atoms with Crippen molar-refractivity contribution in [2.75, 3.05) is 59.4 Å². The molecule has 36 heavy (non-hydrogen) atoms. The highest BCUT2D eigenvalue weighted by molar-refractivity contribution is 5.98. The van der Waals surface area contributed by atoms with Gasteiger partial charge in [-0.2, -0.15) is 0 Å². The first kappa shape index (κ1) is 29.9. The summed E-state index contributed by atoms with van der Waals surface area (Å²) in [5.41, 5.74) is 6.26. The number of aromatic nitrogens is 2. The zero-order valence-corrected chi connectivity index (χ0v) is 22.3. The number of carbonyl (C=O) groups is 3. The third kappa shape index (κ3) is 10.7. The molecule has 11 heteroatoms. The molecule has 0 saturated carbocycles. The summed E-state index contributed by atoms with van der Waals surface area (Å²) >= 11 is 0. The second-order valence-electron chi connectivity index (χ2n) is 9.55. The van der Waals surface area contributed by atoms with E-state index in [1.165, 1.54) is 11.3 Å². The number of carbonyl (C=O) groups excluding carboxylic acids is 3. The highest BCUT2D eigenvalue weighted by Crippen LogP contribution is 2.20. The Hall–Kier alpha value is -2.34. The number of nitrogens with zero attached hydrogens (tertiary/aromatic N) is 5. The van der Waals surface area contributed by atoms with Gasteiger partial charge in [0.15, 0.2) is 0 Å². The summed E-state index contributed by atoms with van der Waals surface area (Å²) < 4.78 is 1.84. The molecular formula is C25H46N8O3. The van der Waals surface area contributed by atoms with Crippen LogP contribution in [0.25, 0.3) is 0 Å². The monoisotopic (exact) mass is 506 g/mol. The van der Waals surface area contributed by atoms with Gasteiger partial charge in [0.2, 0.25) is 17.7 Å². The molecule has 0 spiro atoms. The van der Waals surface area contributed by atoms with Gasteiger partial charge < -0.3 is 30.3 Å². The van der Waals surface area contributed by atoms with E-state index in [1.807, 2.05) is 4.57 Å². The summed E-state index contributed by atoms with van der Waals surface area (Å²) in [5.74, 6) is -1.18. The number of hydrogen-bond donors (Lipinski definition) is 3. The van der Waals surface area contributed by atoms with Crippen molar-refractivity contribution in [2.24, 2.45) is 5.73 Å². The van der Waals surface area contributed by atoms with Gasteiger partial charge in [-0.15, -0.1) is 0 Å². The van der Waals surface area contributed by atoms with Gasteiger partial charge in [0.1, 0.15) is 6.54 Å². The van der Waals surface area contributed by atoms with Gasteiger partial charge in [-0.05, 0) is 71.9 Å². The van der Waals surface area contributed by atoms with E-state index >= 15 is 0 Å². The highest BCUT2D eigenvalue weighted by atomic mass is 16.2. The summed E-state index contributed by atoms with van der Waals surface area (Å²) in [4.78, 5) is 48.0. The number of imide groups is 1. The van der Waals surface area contributed by atoms with E-state index in [2.05, 4.69) is 46.3 Å². The second-order valence-corrected chi connectivity index (χ2v) is 9.55. The van der Waals surface area contributed by atoms with E-state index < -0.39 is 17.9 Å². The average molecular weight is 507 g/mol. The smallest absolute Gasteiger partial charge is 0.246 e. The van der Waals surface area contributed by atoms with Gasteiger partial charge in [-0.1, -0.05) is 13.8 Å². The average Bonchev–Trinajstić information content (AvgIpc) is 3.53. The van der Waals surface area contributed by atoms with Crippen LogP contribution in [0.5, 0.6) is 0 Å². The van der Waals surface area contributed by atoms with Crippen LogP contribution in [-0.4, -0.2) is 113 Å². The second kappa shape index (κ2) is 16.4. The van der Waals surface area contributed by atoms with Crippen LogP contribution >= 0.6 is 0 Å². The lowest BCUT2D eigenvalue weighted by molar-refractivity contribution is -0.139. The molecule has 2 heterocycles. The summed E-state index contributed by atoms with van der Waals surface area (Å²) in [6.45, 7) is 9.62. The molecule has 1 aliphatic heterocycles. The van der Waals surface area contributed by atoms with E-state index in [1.54, 1.807) is 18.7 Å². The molecule has 11 nitrogen and oxygen atoms in total. The highest BCUT2D eigenvalue weighted by Gasteiger charge is 2.26. The normalized spacial score (nSPS) is 16.9. The van der Waals surface area contributed by atoms with Crippen molar-refractivity contribution in [3.8, 4) is 0 Å². The molecular weight excluding hydrogens is 460 g/mol. The van der Waals surface area contributed by atoms with E-state index in [9.17, 15) is 14.4 Å². The lowest BCUT2D eigenvalue weighted by atomic mass is 10.0. The maximum Gasteiger partial charge on any atom is 0.246 e. The Bertz CT molecular complexity index is 784. The first-order valence-corrected chi connectivity index (χ1v) is 13.3. The van der Waals surface area contributed by atoms with E-state index in [0.29, 0.717) is 32.1 Å². The molecule has 4 N–H and O–H groups in total. The van der Waals surface area contributed by atoms with Gasteiger partial charge in [0, 0.05) is 31.5 Å². The molecule has 0 radical (unpaired) electrons. The SMILES string of the molecule is CCN(CC)CCCNCC(=O)NC(=O)CN(CCn1ccnc1)C(=O)C(N)CCC1CCCN1C. The molecule has 2 atom stereocenters. The molecule has 204 valence electrons. The molecule has 2 unspecified atom stereocenters. The van der Waals surface area contributed by atoms with Crippen LogP contribution in [0, 0.1) is 0 Å². The van der Waals surface area contributed by atoms with Crippen LogP contribution in [0.1, 0.15) is 46.0 Å². The van der Waals surface area contributed by atoms with Crippen molar-refractivity contribution in [2.45, 2.75) is 64.6 Å². The van der Waals surface area contributed by atoms with Crippen LogP contribution in [-0.2, 0) is 20.9 Å². The minimum Gasteiger partial charge on any atom is -0.336 e. The van der Waals surface area contributed by atoms with Crippen LogP contribution in [0.15, 0.2) is 18.7 Å². The first-order chi connectivity index (χ1) is 17.3. The quantitative estimate of drug-likeness (QED) is 0.250. The maximum absolute atomic E-state index is 13.1. The molecule has 0 bridgehead atoms. The van der Waals surface area contributed by atoms with Crippen molar-refractivity contribution >= 4 is 17.7 Å². The number of rotatable bonds is 17. The molecule has 2 rings (SSSR count). The molecule has 1 saturated heterocycles. The van der Waals surface area contributed by atoms with Gasteiger partial charge in [0.05, 0.1) is 18.9 Å². The molecule has 1 aliphatic rings. The van der Waals surface area contributed by atoms with Crippen molar-refractivity contribution in [3.05, 3.63) is 18.7 Å². The number of imidazole rings is 1. The number of amides is 3. The molecule has 1 aromatic rings. The van der Waals surface area contributed by atoms with Crippen LogP contribution in [0.3, 0.4) is 0 Å². The van der Waals surface area contributed by atoms with Crippen LogP contribution in [0.4, 0.5) is 0 Å². The lowest BCUT2D eigenvalue weighted by Crippen LogP contribution is -2.50. The van der Waals surface area contributed by atoms with E-state index in [4.69, 9.17) is 5.73 Å². The maximum atomic E-state index is 13.1. The zero-order valence-electron chi connectivity index (χ0n) is 22.3. The van der Waals surface area contributed by atoms with Crippen molar-refractivity contribution in [1.29, 1.82) is 0 Å². The number of nitrogens with one attached hydrogen (secondary N) is 2. The fraction of sp³-hybridized carbons (Fsp3) is 0.760. The summed E-state index contributed by atoms with van der Waals surface area (Å²) in [6, 6.07) is -0.235. The Labute approximate surface area is 215 Å². The molecule has 0 aromatic carbocycles. The van der Waals surface area contributed by atoms with E-state index in [0.717, 1.165) is 45.4 Å². The van der Waals surface area contributed by atoms with E-state index in [-0.39, 0.29) is 19.0 Å². The standard InChI is InChI=1S/C25H46N8O3/c1-4-31(5-2)14-7-11-27-18-23(34)29-24(35)19-33(17-16-32-15-12-28-20-32)25(36)22(26)10-9-21-8-6-13-30(21)3/h12,15,20-22,27H,4-11,13-14,16-19,26H2,1-3H3,(H,29,34,35). The van der Waals surface area contributed by atoms with Gasteiger partial charge in [-0.3, -0.25) is 19.7 Å². The van der Waals surface area contributed by atoms with Crippen molar-refractivity contribution in [1.82, 2.24) is 34.9 Å². The fourth-order valence-electron chi connectivity index (χ4n) is 4.58. The third-order valence-corrected chi connectivity index (χ3v) is 6.92. The minimum atomic E-state index is -0.683. The molecule has 0 aliphatic carbocycles. The van der Waals surface area contributed by atoms with Crippen molar-refractivity contribution in [3.63, 3.8) is 0 Å². The molecule has 1 aromatic heterocycles. The predicted octanol–water partition coefficient (Wildman–Crippen LogP) is -0.122. The zero-order chi connectivity index (χ0) is 26.3. The molecule has 3 amide bonds. The minimum absolute atomic E-state index is 0.0569. The Morgan fingerprint density at radius 1 is 1.19 bits per heavy atom. The van der Waals surface area contributed by atoms with Crippen LogP contribution < -0.4 is 16.4 Å². The number of likely N-dealkylation sites (tertiary alicyclic amines) is 1. The summed E-state index contributed by atoms with van der Waals surface area (Å²) in [5, 5.41) is 5.46. The Morgan fingerprint density at radius 2 is 1.97 bits per heavy atom. The number of hydrogen-bond acceptors (Lipinski definition) is 8. The van der Waals surface area contributed by atoms with Gasteiger partial charge in [-0.25, -0.2) is 4.98 Å². The molecule has 1 fully saturated rings. The largest absolute Gasteiger partial charge is 0.336 e. The Balaban J connectivity index is 1.81. The predicted molar refractivity (Wildman–Crippen MR) is 140 cm³/mol. The number of nitrogens with two attached hydrogens (primary N) is 1. The van der Waals surface area contributed by atoms with Gasteiger partial charge in [0.25, 0.3) is 0 Å². The van der Waals surface area contributed by atoms with Crippen LogP contribution in [0.2, 0.25) is 0 Å². The van der Waals surface area contributed by atoms with Crippen molar-refractivity contribution < 1.29 is 14.4 Å². The topological polar surface area (TPSA) is 129 Å². The summed E-state index contributed by atoms with van der Waals surface area (Å²) in [7, 11) is 2.10. The Kier molecular flexibility index (Phi) is 13.6. The fourth-order valence-corrected chi connectivity index (χ4v) is 4.58.